The molecule has 0 radical (unpaired) electrons. The maximum atomic E-state index is 12.7. The summed E-state index contributed by atoms with van der Waals surface area (Å²) in [6.07, 6.45) is 0. The number of halogens is 1. The van der Waals surface area contributed by atoms with Crippen LogP contribution in [0.5, 0.6) is 0 Å². The lowest BCUT2D eigenvalue weighted by molar-refractivity contribution is -0.139. The molecular weight excluding hydrogens is 412 g/mol. The largest absolute Gasteiger partial charge is 0.463 e. The number of hydrogen-bond acceptors (Lipinski definition) is 3. The van der Waals surface area contributed by atoms with Gasteiger partial charge in [0, 0.05) is 15.9 Å². The molecule has 6 heteroatoms. The first kappa shape index (κ1) is 18.6. The molecule has 1 aliphatic heterocycles. The van der Waals surface area contributed by atoms with Gasteiger partial charge in [-0.05, 0) is 55.9 Å². The Hall–Kier alpha value is -2.18. The molecule has 1 aliphatic rings. The normalized spacial score (nSPS) is 17.1. The number of rotatable bonds is 4. The molecule has 1 N–H and O–H groups in total. The first-order valence-electron chi connectivity index (χ1n) is 8.32. The van der Waals surface area contributed by atoms with Crippen molar-refractivity contribution in [1.82, 2.24) is 5.32 Å². The van der Waals surface area contributed by atoms with Crippen LogP contribution in [-0.4, -0.2) is 17.7 Å². The number of nitrogens with zero attached hydrogens (tertiary/aromatic N) is 1. The Bertz CT molecular complexity index is 850. The number of para-hydroxylation sites is 1. The van der Waals surface area contributed by atoms with E-state index in [9.17, 15) is 4.79 Å². The highest BCUT2D eigenvalue weighted by atomic mass is 79.9. The van der Waals surface area contributed by atoms with E-state index in [1.165, 1.54) is 0 Å². The minimum Gasteiger partial charge on any atom is -0.463 e. The maximum absolute atomic E-state index is 12.7. The molecule has 2 aromatic rings. The van der Waals surface area contributed by atoms with E-state index in [1.54, 1.807) is 6.92 Å². The van der Waals surface area contributed by atoms with Crippen LogP contribution in [0.1, 0.15) is 25.5 Å². The molecule has 1 unspecified atom stereocenters. The van der Waals surface area contributed by atoms with E-state index in [4.69, 9.17) is 17.0 Å². The van der Waals surface area contributed by atoms with Crippen LogP contribution >= 0.6 is 28.1 Å². The van der Waals surface area contributed by atoms with Crippen LogP contribution in [0.15, 0.2) is 70.3 Å². The lowest BCUT2D eigenvalue weighted by Gasteiger charge is -2.37. The summed E-state index contributed by atoms with van der Waals surface area (Å²) >= 11 is 9.06. The second kappa shape index (κ2) is 8.01. The molecule has 0 aromatic heterocycles. The third-order valence-electron chi connectivity index (χ3n) is 4.20. The van der Waals surface area contributed by atoms with Crippen molar-refractivity contribution in [1.29, 1.82) is 0 Å². The molecule has 0 saturated heterocycles. The van der Waals surface area contributed by atoms with Crippen LogP contribution < -0.4 is 10.2 Å². The second-order valence-electron chi connectivity index (χ2n) is 5.82. The summed E-state index contributed by atoms with van der Waals surface area (Å²) in [5.41, 5.74) is 3.18. The molecule has 134 valence electrons. The summed E-state index contributed by atoms with van der Waals surface area (Å²) in [4.78, 5) is 14.6. The molecule has 1 heterocycles. The van der Waals surface area contributed by atoms with Crippen LogP contribution in [0.25, 0.3) is 0 Å². The van der Waals surface area contributed by atoms with Gasteiger partial charge in [0.1, 0.15) is 0 Å². The lowest BCUT2D eigenvalue weighted by Crippen LogP contribution is -2.48. The van der Waals surface area contributed by atoms with Crippen molar-refractivity contribution < 1.29 is 9.53 Å². The Kier molecular flexibility index (Phi) is 5.74. The summed E-state index contributed by atoms with van der Waals surface area (Å²) in [5.74, 6) is -0.339. The number of hydrogen-bond donors (Lipinski definition) is 1. The van der Waals surface area contributed by atoms with Gasteiger partial charge in [-0.3, -0.25) is 4.90 Å². The first-order chi connectivity index (χ1) is 12.5. The molecule has 0 spiro atoms. The fourth-order valence-electron chi connectivity index (χ4n) is 3.01. The minimum atomic E-state index is -0.352. The number of thiocarbonyl (C=S) groups is 1. The number of carbonyl (C=O) groups excluding carboxylic acids is 1. The summed E-state index contributed by atoms with van der Waals surface area (Å²) in [5, 5.41) is 3.85. The Balaban J connectivity index is 2.11. The number of anilines is 1. The SMILES string of the molecule is CCOC(=O)C1=C(C)N(c2ccccc2)C(=S)NC1c1ccc(Br)cc1. The Morgan fingerprint density at radius 3 is 2.46 bits per heavy atom. The number of allylic oxidation sites excluding steroid dienone is 1. The second-order valence-corrected chi connectivity index (χ2v) is 7.13. The fraction of sp³-hybridized carbons (Fsp3) is 0.200. The van der Waals surface area contributed by atoms with Crippen molar-refractivity contribution in [2.24, 2.45) is 0 Å². The van der Waals surface area contributed by atoms with Gasteiger partial charge in [0.25, 0.3) is 0 Å². The highest BCUT2D eigenvalue weighted by Gasteiger charge is 2.35. The maximum Gasteiger partial charge on any atom is 0.338 e. The molecule has 0 fully saturated rings. The highest BCUT2D eigenvalue weighted by Crippen LogP contribution is 2.34. The van der Waals surface area contributed by atoms with E-state index in [1.807, 2.05) is 66.4 Å². The average Bonchev–Trinajstić information content (AvgIpc) is 2.63. The van der Waals surface area contributed by atoms with Gasteiger partial charge in [-0.25, -0.2) is 4.79 Å². The van der Waals surface area contributed by atoms with E-state index in [2.05, 4.69) is 21.2 Å². The monoisotopic (exact) mass is 430 g/mol. The quantitative estimate of drug-likeness (QED) is 0.561. The van der Waals surface area contributed by atoms with Gasteiger partial charge in [0.2, 0.25) is 0 Å². The molecule has 0 saturated carbocycles. The predicted octanol–water partition coefficient (Wildman–Crippen LogP) is 4.72. The van der Waals surface area contributed by atoms with Crippen molar-refractivity contribution in [3.05, 3.63) is 75.9 Å². The van der Waals surface area contributed by atoms with Gasteiger partial charge >= 0.3 is 5.97 Å². The third kappa shape index (κ3) is 3.66. The van der Waals surface area contributed by atoms with E-state index in [0.29, 0.717) is 17.3 Å². The van der Waals surface area contributed by atoms with Gasteiger partial charge in [-0.2, -0.15) is 0 Å². The number of ether oxygens (including phenoxy) is 1. The smallest absolute Gasteiger partial charge is 0.338 e. The zero-order valence-corrected chi connectivity index (χ0v) is 16.9. The highest BCUT2D eigenvalue weighted by molar-refractivity contribution is 9.10. The standard InChI is InChI=1S/C20H19BrN2O2S/c1-3-25-19(24)17-13(2)23(16-7-5-4-6-8-16)20(26)22-18(17)14-9-11-15(21)12-10-14/h4-12,18H,3H2,1-2H3,(H,22,26). The average molecular weight is 431 g/mol. The molecular formula is C20H19BrN2O2S. The van der Waals surface area contributed by atoms with Crippen LogP contribution in [0, 0.1) is 0 Å². The van der Waals surface area contributed by atoms with Crippen LogP contribution in [0.2, 0.25) is 0 Å². The number of esters is 1. The topological polar surface area (TPSA) is 41.6 Å². The van der Waals surface area contributed by atoms with Gasteiger partial charge in [-0.1, -0.05) is 46.3 Å². The van der Waals surface area contributed by atoms with Gasteiger partial charge in [0.05, 0.1) is 18.2 Å². The summed E-state index contributed by atoms with van der Waals surface area (Å²) in [6, 6.07) is 17.2. The Labute approximate surface area is 167 Å². The molecule has 0 bridgehead atoms. The first-order valence-corrected chi connectivity index (χ1v) is 9.52. The number of benzene rings is 2. The van der Waals surface area contributed by atoms with E-state index >= 15 is 0 Å². The third-order valence-corrected chi connectivity index (χ3v) is 5.03. The molecule has 4 nitrogen and oxygen atoms in total. The van der Waals surface area contributed by atoms with Crippen molar-refractivity contribution in [2.45, 2.75) is 19.9 Å². The van der Waals surface area contributed by atoms with Gasteiger partial charge in [0.15, 0.2) is 5.11 Å². The number of carbonyl (C=O) groups is 1. The molecule has 0 amide bonds. The molecule has 3 rings (SSSR count). The minimum absolute atomic E-state index is 0.318. The molecule has 1 atom stereocenters. The number of nitrogens with one attached hydrogen (secondary N) is 1. The van der Waals surface area contributed by atoms with Crippen molar-refractivity contribution in [2.75, 3.05) is 11.5 Å². The molecule has 0 aliphatic carbocycles. The van der Waals surface area contributed by atoms with E-state index in [0.717, 1.165) is 21.4 Å². The summed E-state index contributed by atoms with van der Waals surface area (Å²) in [7, 11) is 0. The zero-order valence-electron chi connectivity index (χ0n) is 14.5. The van der Waals surface area contributed by atoms with Gasteiger partial charge < -0.3 is 10.1 Å². The van der Waals surface area contributed by atoms with E-state index < -0.39 is 0 Å². The Morgan fingerprint density at radius 2 is 1.85 bits per heavy atom. The summed E-state index contributed by atoms with van der Waals surface area (Å²) in [6.45, 7) is 4.02. The van der Waals surface area contributed by atoms with E-state index in [-0.39, 0.29) is 12.0 Å². The van der Waals surface area contributed by atoms with Crippen LogP contribution in [-0.2, 0) is 9.53 Å². The van der Waals surface area contributed by atoms with Crippen molar-refractivity contribution >= 4 is 44.9 Å². The van der Waals surface area contributed by atoms with Crippen molar-refractivity contribution in [3.8, 4) is 0 Å². The van der Waals surface area contributed by atoms with Crippen LogP contribution in [0.3, 0.4) is 0 Å². The van der Waals surface area contributed by atoms with Gasteiger partial charge in [-0.15, -0.1) is 0 Å². The fourth-order valence-corrected chi connectivity index (χ4v) is 3.63. The van der Waals surface area contributed by atoms with Crippen LogP contribution in [0.4, 0.5) is 5.69 Å². The predicted molar refractivity (Wildman–Crippen MR) is 111 cm³/mol. The van der Waals surface area contributed by atoms with Crippen molar-refractivity contribution in [3.63, 3.8) is 0 Å². The molecule has 2 aromatic carbocycles. The lowest BCUT2D eigenvalue weighted by atomic mass is 9.95. The summed E-state index contributed by atoms with van der Waals surface area (Å²) < 4.78 is 6.31. The Morgan fingerprint density at radius 1 is 1.19 bits per heavy atom. The molecule has 26 heavy (non-hydrogen) atoms. The zero-order chi connectivity index (χ0) is 18.7.